The summed E-state index contributed by atoms with van der Waals surface area (Å²) < 4.78 is 0. The van der Waals surface area contributed by atoms with Gasteiger partial charge in [-0.25, -0.2) is 9.97 Å². The number of benzene rings is 1. The van der Waals surface area contributed by atoms with E-state index in [9.17, 15) is 5.26 Å². The second-order valence-electron chi connectivity index (χ2n) is 5.28. The number of piperidine rings is 1. The van der Waals surface area contributed by atoms with E-state index in [-0.39, 0.29) is 0 Å². The van der Waals surface area contributed by atoms with Crippen LogP contribution in [0, 0.1) is 11.3 Å². The molecule has 0 bridgehead atoms. The molecule has 0 N–H and O–H groups in total. The fourth-order valence-corrected chi connectivity index (χ4v) is 3.24. The average molecular weight is 310 g/mol. The normalized spacial score (nSPS) is 14.6. The fraction of sp³-hybridized carbons (Fsp3) is 0.353. The van der Waals surface area contributed by atoms with Crippen LogP contribution in [0.3, 0.4) is 0 Å². The molecule has 0 atom stereocenters. The summed E-state index contributed by atoms with van der Waals surface area (Å²) in [5, 5.41) is 10.3. The number of anilines is 1. The smallest absolute Gasteiger partial charge is 0.162 e. The minimum atomic E-state index is 0.606. The first-order valence-corrected chi connectivity index (χ1v) is 8.72. The van der Waals surface area contributed by atoms with Gasteiger partial charge in [0.1, 0.15) is 16.7 Å². The van der Waals surface area contributed by atoms with Gasteiger partial charge in [-0.3, -0.25) is 0 Å². The van der Waals surface area contributed by atoms with Gasteiger partial charge in [0.2, 0.25) is 0 Å². The number of thioether (sulfide) groups is 1. The van der Waals surface area contributed by atoms with Crippen molar-refractivity contribution < 1.29 is 0 Å². The molecule has 112 valence electrons. The predicted molar refractivity (Wildman–Crippen MR) is 90.0 cm³/mol. The zero-order chi connectivity index (χ0) is 15.4. The van der Waals surface area contributed by atoms with Gasteiger partial charge in [-0.15, -0.1) is 11.8 Å². The Labute approximate surface area is 135 Å². The van der Waals surface area contributed by atoms with E-state index in [0.717, 1.165) is 42.3 Å². The molecule has 0 radical (unpaired) electrons. The number of hydrogen-bond acceptors (Lipinski definition) is 5. The van der Waals surface area contributed by atoms with Crippen LogP contribution < -0.4 is 4.90 Å². The van der Waals surface area contributed by atoms with Crippen LogP contribution in [-0.2, 0) is 0 Å². The van der Waals surface area contributed by atoms with Gasteiger partial charge in [0.05, 0.1) is 0 Å². The lowest BCUT2D eigenvalue weighted by Gasteiger charge is -2.29. The lowest BCUT2D eigenvalue weighted by Crippen LogP contribution is -2.31. The molecule has 2 heterocycles. The molecule has 0 aliphatic carbocycles. The maximum atomic E-state index is 9.55. The molecule has 0 unspecified atom stereocenters. The molecule has 1 aliphatic heterocycles. The van der Waals surface area contributed by atoms with Crippen molar-refractivity contribution in [2.45, 2.75) is 24.3 Å². The van der Waals surface area contributed by atoms with Crippen molar-refractivity contribution in [3.05, 3.63) is 35.9 Å². The van der Waals surface area contributed by atoms with Gasteiger partial charge in [-0.2, -0.15) is 5.26 Å². The van der Waals surface area contributed by atoms with Crippen molar-refractivity contribution in [2.24, 2.45) is 0 Å². The third-order valence-corrected chi connectivity index (χ3v) is 4.53. The highest BCUT2D eigenvalue weighted by Crippen LogP contribution is 2.30. The Morgan fingerprint density at radius 3 is 2.45 bits per heavy atom. The van der Waals surface area contributed by atoms with Gasteiger partial charge < -0.3 is 4.90 Å². The Kier molecular flexibility index (Phi) is 4.59. The quantitative estimate of drug-likeness (QED) is 0.638. The Bertz CT molecular complexity index is 688. The van der Waals surface area contributed by atoms with Gasteiger partial charge in [0, 0.05) is 18.7 Å². The molecule has 0 saturated carbocycles. The monoisotopic (exact) mass is 310 g/mol. The summed E-state index contributed by atoms with van der Waals surface area (Å²) in [6.45, 7) is 1.93. The van der Waals surface area contributed by atoms with Crippen LogP contribution in [-0.4, -0.2) is 29.3 Å². The van der Waals surface area contributed by atoms with Gasteiger partial charge >= 0.3 is 0 Å². The van der Waals surface area contributed by atoms with Crippen LogP contribution in [0.4, 0.5) is 5.82 Å². The molecule has 0 spiro atoms. The molecule has 1 fully saturated rings. The van der Waals surface area contributed by atoms with Crippen LogP contribution in [0.5, 0.6) is 0 Å². The molecular formula is C17H18N4S. The number of nitrogens with zero attached hydrogens (tertiary/aromatic N) is 4. The van der Waals surface area contributed by atoms with Crippen molar-refractivity contribution in [1.82, 2.24) is 9.97 Å². The number of nitriles is 1. The third kappa shape index (κ3) is 2.93. The van der Waals surface area contributed by atoms with Gasteiger partial charge in [0.25, 0.3) is 0 Å². The first-order chi connectivity index (χ1) is 10.8. The summed E-state index contributed by atoms with van der Waals surface area (Å²) in [5.41, 5.74) is 1.59. The Morgan fingerprint density at radius 2 is 1.82 bits per heavy atom. The fourth-order valence-electron chi connectivity index (χ4n) is 2.73. The number of hydrogen-bond donors (Lipinski definition) is 0. The first-order valence-electron chi connectivity index (χ1n) is 7.50. The molecular weight excluding hydrogens is 292 g/mol. The van der Waals surface area contributed by atoms with Crippen molar-refractivity contribution in [1.29, 1.82) is 5.26 Å². The molecule has 1 aliphatic rings. The van der Waals surface area contributed by atoms with Crippen molar-refractivity contribution >= 4 is 17.6 Å². The topological polar surface area (TPSA) is 52.8 Å². The van der Waals surface area contributed by atoms with Crippen LogP contribution in [0.2, 0.25) is 0 Å². The minimum absolute atomic E-state index is 0.606. The minimum Gasteiger partial charge on any atom is -0.355 e. The highest BCUT2D eigenvalue weighted by Gasteiger charge is 2.21. The second kappa shape index (κ2) is 6.80. The first kappa shape index (κ1) is 14.9. The zero-order valence-electron chi connectivity index (χ0n) is 12.6. The number of aromatic nitrogens is 2. The van der Waals surface area contributed by atoms with Crippen molar-refractivity contribution in [3.63, 3.8) is 0 Å². The molecule has 0 amide bonds. The van der Waals surface area contributed by atoms with E-state index < -0.39 is 0 Å². The maximum Gasteiger partial charge on any atom is 0.162 e. The average Bonchev–Trinajstić information content (AvgIpc) is 2.62. The van der Waals surface area contributed by atoms with Gasteiger partial charge in [-0.1, -0.05) is 30.3 Å². The molecule has 2 aromatic rings. The van der Waals surface area contributed by atoms with Crippen molar-refractivity contribution in [3.8, 4) is 17.5 Å². The van der Waals surface area contributed by atoms with Gasteiger partial charge in [-0.05, 0) is 25.5 Å². The van der Waals surface area contributed by atoms with Crippen LogP contribution in [0.15, 0.2) is 35.4 Å². The molecule has 1 aromatic carbocycles. The molecule has 3 rings (SSSR count). The highest BCUT2D eigenvalue weighted by atomic mass is 32.2. The SMILES string of the molecule is CSc1nc(-c2ccccc2)nc(N2CCCCC2)c1C#N. The molecule has 1 saturated heterocycles. The molecule has 5 heteroatoms. The largest absolute Gasteiger partial charge is 0.355 e. The second-order valence-corrected chi connectivity index (χ2v) is 6.08. The predicted octanol–water partition coefficient (Wildman–Crippen LogP) is 3.73. The van der Waals surface area contributed by atoms with E-state index in [1.807, 2.05) is 36.6 Å². The molecule has 4 nitrogen and oxygen atoms in total. The summed E-state index contributed by atoms with van der Waals surface area (Å²) in [5.74, 6) is 1.49. The lowest BCUT2D eigenvalue weighted by molar-refractivity contribution is 0.572. The summed E-state index contributed by atoms with van der Waals surface area (Å²) in [6.07, 6.45) is 5.52. The number of rotatable bonds is 3. The Morgan fingerprint density at radius 1 is 1.09 bits per heavy atom. The molecule has 22 heavy (non-hydrogen) atoms. The summed E-state index contributed by atoms with van der Waals surface area (Å²) in [7, 11) is 0. The lowest BCUT2D eigenvalue weighted by atomic mass is 10.1. The van der Waals surface area contributed by atoms with E-state index >= 15 is 0 Å². The zero-order valence-corrected chi connectivity index (χ0v) is 13.4. The van der Waals surface area contributed by atoms with Crippen LogP contribution >= 0.6 is 11.8 Å². The van der Waals surface area contributed by atoms with Gasteiger partial charge in [0.15, 0.2) is 11.6 Å². The maximum absolute atomic E-state index is 9.55. The third-order valence-electron chi connectivity index (χ3n) is 3.85. The van der Waals surface area contributed by atoms with Crippen molar-refractivity contribution in [2.75, 3.05) is 24.2 Å². The Balaban J connectivity index is 2.12. The van der Waals surface area contributed by atoms with E-state index in [2.05, 4.69) is 16.0 Å². The van der Waals surface area contributed by atoms with E-state index in [1.54, 1.807) is 0 Å². The van der Waals surface area contributed by atoms with E-state index in [4.69, 9.17) is 4.98 Å². The van der Waals surface area contributed by atoms with E-state index in [1.165, 1.54) is 18.2 Å². The molecule has 1 aromatic heterocycles. The summed E-state index contributed by atoms with van der Waals surface area (Å²) in [6, 6.07) is 12.3. The Hall–Kier alpha value is -2.06. The summed E-state index contributed by atoms with van der Waals surface area (Å²) >= 11 is 1.51. The van der Waals surface area contributed by atoms with Crippen LogP contribution in [0.25, 0.3) is 11.4 Å². The highest BCUT2D eigenvalue weighted by molar-refractivity contribution is 7.98. The standard InChI is InChI=1S/C17H18N4S/c1-22-17-14(12-18)16(21-10-6-3-7-11-21)19-15(20-17)13-8-4-2-5-9-13/h2,4-5,8-9H,3,6-7,10-11H2,1H3. The van der Waals surface area contributed by atoms with Crippen LogP contribution in [0.1, 0.15) is 24.8 Å². The van der Waals surface area contributed by atoms with E-state index in [0.29, 0.717) is 11.4 Å². The summed E-state index contributed by atoms with van der Waals surface area (Å²) in [4.78, 5) is 11.5.